The number of nitrogens with one attached hydrogen (secondary N) is 1. The van der Waals surface area contributed by atoms with Crippen LogP contribution in [0.25, 0.3) is 0 Å². The first kappa shape index (κ1) is 16.3. The van der Waals surface area contributed by atoms with Crippen LogP contribution in [0.5, 0.6) is 0 Å². The average Bonchev–Trinajstić information content (AvgIpc) is 2.13. The Morgan fingerprint density at radius 1 is 1.19 bits per heavy atom. The van der Waals surface area contributed by atoms with Crippen molar-refractivity contribution in [1.82, 2.24) is 5.32 Å². The van der Waals surface area contributed by atoms with Crippen LogP contribution in [0, 0.1) is 5.92 Å². The molecule has 0 aromatic heterocycles. The summed E-state index contributed by atoms with van der Waals surface area (Å²) in [7, 11) is 0. The fourth-order valence-electron chi connectivity index (χ4n) is 1.24. The lowest BCUT2D eigenvalue weighted by molar-refractivity contribution is 0.115. The van der Waals surface area contributed by atoms with E-state index in [4.69, 9.17) is 0 Å². The van der Waals surface area contributed by atoms with Gasteiger partial charge < -0.3 is 10.4 Å². The van der Waals surface area contributed by atoms with Gasteiger partial charge in [0.15, 0.2) is 0 Å². The van der Waals surface area contributed by atoms with Crippen molar-refractivity contribution in [1.29, 1.82) is 0 Å². The molecule has 0 fully saturated rings. The Morgan fingerprint density at radius 2 is 1.75 bits per heavy atom. The van der Waals surface area contributed by atoms with Crippen molar-refractivity contribution < 1.29 is 5.11 Å². The second-order valence-corrected chi connectivity index (χ2v) is 7.73. The number of aliphatic hydroxyl groups excluding tert-OH is 1. The van der Waals surface area contributed by atoms with E-state index in [2.05, 4.69) is 46.9 Å². The Bertz CT molecular complexity index is 177. The quantitative estimate of drug-likeness (QED) is 0.725. The Balaban J connectivity index is 3.55. The fourth-order valence-corrected chi connectivity index (χ4v) is 2.11. The van der Waals surface area contributed by atoms with Gasteiger partial charge in [-0.25, -0.2) is 0 Å². The highest BCUT2D eigenvalue weighted by Gasteiger charge is 2.13. The van der Waals surface area contributed by atoms with Crippen LogP contribution in [0.4, 0.5) is 0 Å². The third-order valence-corrected chi connectivity index (χ3v) is 4.00. The summed E-state index contributed by atoms with van der Waals surface area (Å²) in [6.45, 7) is 14.0. The molecule has 0 heterocycles. The Hall–Kier alpha value is 0.270. The third-order valence-electron chi connectivity index (χ3n) is 2.47. The predicted octanol–water partition coefficient (Wildman–Crippen LogP) is 2.90. The van der Waals surface area contributed by atoms with Crippen LogP contribution in [-0.2, 0) is 0 Å². The van der Waals surface area contributed by atoms with Crippen molar-refractivity contribution in [2.45, 2.75) is 64.9 Å². The first-order valence-corrected chi connectivity index (χ1v) is 7.26. The maximum Gasteiger partial charge on any atom is 0.0575 e. The predicted molar refractivity (Wildman–Crippen MR) is 75.1 cm³/mol. The minimum absolute atomic E-state index is 0.171. The van der Waals surface area contributed by atoms with Crippen LogP contribution >= 0.6 is 11.8 Å². The molecule has 2 atom stereocenters. The average molecular weight is 247 g/mol. The standard InChI is InChI=1S/C13H29NOS/c1-10(2)12(15)7-8-14-11(3)9-16-13(4,5)6/h10-12,14-15H,7-9H2,1-6H3. The largest absolute Gasteiger partial charge is 0.393 e. The summed E-state index contributed by atoms with van der Waals surface area (Å²) in [4.78, 5) is 0. The monoisotopic (exact) mass is 247 g/mol. The second kappa shape index (κ2) is 7.57. The van der Waals surface area contributed by atoms with E-state index in [1.165, 1.54) is 0 Å². The van der Waals surface area contributed by atoms with Crippen LogP contribution in [0.1, 0.15) is 48.0 Å². The van der Waals surface area contributed by atoms with E-state index in [-0.39, 0.29) is 6.10 Å². The van der Waals surface area contributed by atoms with Gasteiger partial charge in [-0.1, -0.05) is 34.6 Å². The Labute approximate surface area is 106 Å². The molecule has 2 nitrogen and oxygen atoms in total. The zero-order valence-electron chi connectivity index (χ0n) is 11.7. The van der Waals surface area contributed by atoms with E-state index in [9.17, 15) is 5.11 Å². The van der Waals surface area contributed by atoms with Crippen molar-refractivity contribution in [2.24, 2.45) is 5.92 Å². The maximum atomic E-state index is 9.65. The molecule has 16 heavy (non-hydrogen) atoms. The molecule has 0 aliphatic heterocycles. The molecule has 3 heteroatoms. The van der Waals surface area contributed by atoms with Crippen molar-refractivity contribution in [3.63, 3.8) is 0 Å². The molecule has 0 rings (SSSR count). The topological polar surface area (TPSA) is 32.3 Å². The van der Waals surface area contributed by atoms with Gasteiger partial charge in [-0.2, -0.15) is 11.8 Å². The maximum absolute atomic E-state index is 9.65. The molecule has 2 N–H and O–H groups in total. The number of thioether (sulfide) groups is 1. The highest BCUT2D eigenvalue weighted by atomic mass is 32.2. The molecule has 0 amide bonds. The molecular weight excluding hydrogens is 218 g/mol. The van der Waals surface area contributed by atoms with Crippen LogP contribution in [0.3, 0.4) is 0 Å². The summed E-state index contributed by atoms with van der Waals surface area (Å²) < 4.78 is 0.341. The van der Waals surface area contributed by atoms with Crippen LogP contribution in [0.15, 0.2) is 0 Å². The lowest BCUT2D eigenvalue weighted by Gasteiger charge is -2.22. The van der Waals surface area contributed by atoms with Crippen molar-refractivity contribution in [3.05, 3.63) is 0 Å². The van der Waals surface area contributed by atoms with Gasteiger partial charge in [-0.05, 0) is 25.8 Å². The zero-order chi connectivity index (χ0) is 12.8. The molecule has 0 spiro atoms. The van der Waals surface area contributed by atoms with Gasteiger partial charge in [0, 0.05) is 16.5 Å². The third kappa shape index (κ3) is 9.49. The number of hydrogen-bond donors (Lipinski definition) is 2. The normalized spacial score (nSPS) is 16.5. The van der Waals surface area contributed by atoms with Gasteiger partial charge in [0.2, 0.25) is 0 Å². The van der Waals surface area contributed by atoms with Gasteiger partial charge >= 0.3 is 0 Å². The first-order valence-electron chi connectivity index (χ1n) is 6.28. The zero-order valence-corrected chi connectivity index (χ0v) is 12.5. The fraction of sp³-hybridized carbons (Fsp3) is 1.00. The lowest BCUT2D eigenvalue weighted by atomic mass is 10.0. The van der Waals surface area contributed by atoms with Crippen molar-refractivity contribution in [2.75, 3.05) is 12.3 Å². The second-order valence-electron chi connectivity index (χ2n) is 5.88. The van der Waals surface area contributed by atoms with E-state index < -0.39 is 0 Å². The molecule has 0 bridgehead atoms. The Kier molecular flexibility index (Phi) is 7.70. The molecule has 0 aliphatic carbocycles. The molecule has 0 saturated carbocycles. The van der Waals surface area contributed by atoms with Gasteiger partial charge in [-0.3, -0.25) is 0 Å². The van der Waals surface area contributed by atoms with Crippen LogP contribution in [-0.4, -0.2) is 34.3 Å². The van der Waals surface area contributed by atoms with Crippen LogP contribution < -0.4 is 5.32 Å². The van der Waals surface area contributed by atoms with Gasteiger partial charge in [0.25, 0.3) is 0 Å². The number of hydrogen-bond acceptors (Lipinski definition) is 3. The molecular formula is C13H29NOS. The van der Waals surface area contributed by atoms with Crippen molar-refractivity contribution >= 4 is 11.8 Å². The van der Waals surface area contributed by atoms with Gasteiger partial charge in [0.05, 0.1) is 6.10 Å². The highest BCUT2D eigenvalue weighted by molar-refractivity contribution is 8.00. The minimum Gasteiger partial charge on any atom is -0.393 e. The summed E-state index contributed by atoms with van der Waals surface area (Å²) in [5.41, 5.74) is 0. The van der Waals surface area contributed by atoms with E-state index in [1.807, 2.05) is 11.8 Å². The summed E-state index contributed by atoms with van der Waals surface area (Å²) in [5.74, 6) is 1.49. The summed E-state index contributed by atoms with van der Waals surface area (Å²) >= 11 is 1.98. The van der Waals surface area contributed by atoms with E-state index >= 15 is 0 Å². The SMILES string of the molecule is CC(CSC(C)(C)C)NCCC(O)C(C)C. The molecule has 0 radical (unpaired) electrons. The molecule has 2 unspecified atom stereocenters. The summed E-state index contributed by atoms with van der Waals surface area (Å²) in [5, 5.41) is 13.1. The lowest BCUT2D eigenvalue weighted by Crippen LogP contribution is -2.33. The number of aliphatic hydroxyl groups is 1. The van der Waals surface area contributed by atoms with E-state index in [1.54, 1.807) is 0 Å². The molecule has 98 valence electrons. The van der Waals surface area contributed by atoms with Gasteiger partial charge in [-0.15, -0.1) is 0 Å². The minimum atomic E-state index is -0.171. The summed E-state index contributed by atoms with van der Waals surface area (Å²) in [6, 6.07) is 0.517. The molecule has 0 saturated heterocycles. The van der Waals surface area contributed by atoms with E-state index in [0.717, 1.165) is 18.7 Å². The smallest absolute Gasteiger partial charge is 0.0575 e. The molecule has 0 aliphatic rings. The summed E-state index contributed by atoms with van der Waals surface area (Å²) in [6.07, 6.45) is 0.678. The van der Waals surface area contributed by atoms with Crippen LogP contribution in [0.2, 0.25) is 0 Å². The highest BCUT2D eigenvalue weighted by Crippen LogP contribution is 2.23. The van der Waals surface area contributed by atoms with Crippen molar-refractivity contribution in [3.8, 4) is 0 Å². The first-order chi connectivity index (χ1) is 7.22. The molecule has 0 aromatic carbocycles. The number of rotatable bonds is 7. The van der Waals surface area contributed by atoms with Gasteiger partial charge in [0.1, 0.15) is 0 Å². The van der Waals surface area contributed by atoms with E-state index in [0.29, 0.717) is 16.7 Å². The Morgan fingerprint density at radius 3 is 2.19 bits per heavy atom. The molecule has 0 aromatic rings.